The van der Waals surface area contributed by atoms with E-state index in [2.05, 4.69) is 12.3 Å². The summed E-state index contributed by atoms with van der Waals surface area (Å²) in [7, 11) is 0. The molecular weight excluding hydrogens is 240 g/mol. The number of rotatable bonds is 2. The van der Waals surface area contributed by atoms with Crippen LogP contribution in [0.5, 0.6) is 0 Å². The first-order valence-electron chi connectivity index (χ1n) is 5.83. The van der Waals surface area contributed by atoms with Gasteiger partial charge in [-0.1, -0.05) is 30.3 Å². The van der Waals surface area contributed by atoms with Crippen molar-refractivity contribution in [3.05, 3.63) is 70.6 Å². The summed E-state index contributed by atoms with van der Waals surface area (Å²) in [5.41, 5.74) is 2.73. The Labute approximate surface area is 110 Å². The Bertz CT molecular complexity index is 710. The van der Waals surface area contributed by atoms with Crippen molar-refractivity contribution in [2.45, 2.75) is 6.92 Å². The third-order valence-electron chi connectivity index (χ3n) is 3.07. The Morgan fingerprint density at radius 1 is 1.00 bits per heavy atom. The maximum absolute atomic E-state index is 12.3. The molecule has 0 fully saturated rings. The summed E-state index contributed by atoms with van der Waals surface area (Å²) in [5.74, 6) is 0.0862. The van der Waals surface area contributed by atoms with Gasteiger partial charge >= 0.3 is 0 Å². The van der Waals surface area contributed by atoms with Gasteiger partial charge in [-0.05, 0) is 41.5 Å². The van der Waals surface area contributed by atoms with E-state index in [9.17, 15) is 4.79 Å². The minimum absolute atomic E-state index is 0.0862. The average molecular weight is 252 g/mol. The van der Waals surface area contributed by atoms with Crippen LogP contribution in [0, 0.1) is 6.92 Å². The SMILES string of the molecule is Cc1csc2ccc(C(=O)c3ccccc3)cc12. The summed E-state index contributed by atoms with van der Waals surface area (Å²) in [6.07, 6.45) is 0. The van der Waals surface area contributed by atoms with Crippen molar-refractivity contribution in [2.75, 3.05) is 0 Å². The predicted molar refractivity (Wildman–Crippen MR) is 76.4 cm³/mol. The van der Waals surface area contributed by atoms with Crippen LogP contribution in [0.15, 0.2) is 53.9 Å². The Morgan fingerprint density at radius 2 is 1.78 bits per heavy atom. The second-order valence-electron chi connectivity index (χ2n) is 4.32. The highest BCUT2D eigenvalue weighted by atomic mass is 32.1. The highest BCUT2D eigenvalue weighted by Crippen LogP contribution is 2.27. The van der Waals surface area contributed by atoms with Crippen LogP contribution in [0.2, 0.25) is 0 Å². The molecule has 88 valence electrons. The molecule has 2 aromatic carbocycles. The number of benzene rings is 2. The first kappa shape index (κ1) is 11.2. The summed E-state index contributed by atoms with van der Waals surface area (Å²) < 4.78 is 1.23. The van der Waals surface area contributed by atoms with Gasteiger partial charge in [-0.25, -0.2) is 0 Å². The number of fused-ring (bicyclic) bond motifs is 1. The number of aryl methyl sites for hydroxylation is 1. The summed E-state index contributed by atoms with van der Waals surface area (Å²) in [5, 5.41) is 3.31. The lowest BCUT2D eigenvalue weighted by molar-refractivity contribution is 0.103. The van der Waals surface area contributed by atoms with Crippen LogP contribution in [0.3, 0.4) is 0 Å². The molecule has 1 aromatic heterocycles. The highest BCUT2D eigenvalue weighted by Gasteiger charge is 2.10. The molecule has 1 heterocycles. The van der Waals surface area contributed by atoms with E-state index < -0.39 is 0 Å². The van der Waals surface area contributed by atoms with Crippen molar-refractivity contribution in [1.29, 1.82) is 0 Å². The minimum Gasteiger partial charge on any atom is -0.289 e. The molecule has 0 unspecified atom stereocenters. The zero-order chi connectivity index (χ0) is 12.5. The first-order chi connectivity index (χ1) is 8.75. The van der Waals surface area contributed by atoms with Crippen molar-refractivity contribution in [2.24, 2.45) is 0 Å². The summed E-state index contributed by atoms with van der Waals surface area (Å²) in [6.45, 7) is 2.08. The third-order valence-corrected chi connectivity index (χ3v) is 4.15. The van der Waals surface area contributed by atoms with E-state index in [1.165, 1.54) is 15.6 Å². The van der Waals surface area contributed by atoms with Gasteiger partial charge in [0.15, 0.2) is 5.78 Å². The molecule has 3 rings (SSSR count). The lowest BCUT2D eigenvalue weighted by Gasteiger charge is -2.01. The molecule has 1 nitrogen and oxygen atoms in total. The fourth-order valence-corrected chi connectivity index (χ4v) is 2.98. The maximum atomic E-state index is 12.3. The average Bonchev–Trinajstić information content (AvgIpc) is 2.80. The summed E-state index contributed by atoms with van der Waals surface area (Å²) in [4.78, 5) is 12.3. The number of ketones is 1. The fraction of sp³-hybridized carbons (Fsp3) is 0.0625. The van der Waals surface area contributed by atoms with E-state index in [4.69, 9.17) is 0 Å². The topological polar surface area (TPSA) is 17.1 Å². The normalized spacial score (nSPS) is 10.7. The third kappa shape index (κ3) is 1.85. The lowest BCUT2D eigenvalue weighted by atomic mass is 10.0. The van der Waals surface area contributed by atoms with E-state index in [0.717, 1.165) is 11.1 Å². The van der Waals surface area contributed by atoms with Crippen LogP contribution >= 0.6 is 11.3 Å². The number of hydrogen-bond donors (Lipinski definition) is 0. The monoisotopic (exact) mass is 252 g/mol. The largest absolute Gasteiger partial charge is 0.289 e. The molecule has 3 aromatic rings. The van der Waals surface area contributed by atoms with Gasteiger partial charge in [0.05, 0.1) is 0 Å². The molecule has 0 N–H and O–H groups in total. The van der Waals surface area contributed by atoms with Crippen molar-refractivity contribution in [3.63, 3.8) is 0 Å². The smallest absolute Gasteiger partial charge is 0.193 e. The molecule has 18 heavy (non-hydrogen) atoms. The van der Waals surface area contributed by atoms with Crippen molar-refractivity contribution < 1.29 is 4.79 Å². The number of carbonyl (C=O) groups is 1. The molecule has 2 heteroatoms. The highest BCUT2D eigenvalue weighted by molar-refractivity contribution is 7.17. The van der Waals surface area contributed by atoms with E-state index in [1.807, 2.05) is 48.5 Å². The molecule has 0 radical (unpaired) electrons. The lowest BCUT2D eigenvalue weighted by Crippen LogP contribution is -2.00. The number of hydrogen-bond acceptors (Lipinski definition) is 2. The number of carbonyl (C=O) groups excluding carboxylic acids is 1. The molecule has 0 aliphatic heterocycles. The zero-order valence-corrected chi connectivity index (χ0v) is 10.8. The molecule has 0 amide bonds. The van der Waals surface area contributed by atoms with E-state index in [1.54, 1.807) is 11.3 Å². The molecule has 0 atom stereocenters. The van der Waals surface area contributed by atoms with Gasteiger partial charge in [0, 0.05) is 15.8 Å². The van der Waals surface area contributed by atoms with Crippen LogP contribution < -0.4 is 0 Å². The van der Waals surface area contributed by atoms with Crippen LogP contribution in [0.1, 0.15) is 21.5 Å². The van der Waals surface area contributed by atoms with Crippen LogP contribution in [0.25, 0.3) is 10.1 Å². The molecule has 0 saturated carbocycles. The Kier molecular flexibility index (Phi) is 2.73. The van der Waals surface area contributed by atoms with E-state index in [0.29, 0.717) is 0 Å². The summed E-state index contributed by atoms with van der Waals surface area (Å²) in [6, 6.07) is 15.3. The maximum Gasteiger partial charge on any atom is 0.193 e. The standard InChI is InChI=1S/C16H12OS/c1-11-10-18-15-8-7-13(9-14(11)15)16(17)12-5-3-2-4-6-12/h2-10H,1H3. The van der Waals surface area contributed by atoms with E-state index >= 15 is 0 Å². The quantitative estimate of drug-likeness (QED) is 0.616. The van der Waals surface area contributed by atoms with Gasteiger partial charge < -0.3 is 0 Å². The molecule has 0 aliphatic carbocycles. The Morgan fingerprint density at radius 3 is 2.56 bits per heavy atom. The first-order valence-corrected chi connectivity index (χ1v) is 6.71. The van der Waals surface area contributed by atoms with E-state index in [-0.39, 0.29) is 5.78 Å². The molecule has 0 bridgehead atoms. The van der Waals surface area contributed by atoms with Gasteiger partial charge in [-0.3, -0.25) is 4.79 Å². The second kappa shape index (κ2) is 4.39. The minimum atomic E-state index is 0.0862. The van der Waals surface area contributed by atoms with Crippen LogP contribution in [-0.4, -0.2) is 5.78 Å². The van der Waals surface area contributed by atoms with Gasteiger partial charge in [-0.15, -0.1) is 11.3 Å². The Balaban J connectivity index is 2.09. The zero-order valence-electron chi connectivity index (χ0n) is 10.0. The van der Waals surface area contributed by atoms with Crippen molar-refractivity contribution in [1.82, 2.24) is 0 Å². The van der Waals surface area contributed by atoms with Crippen LogP contribution in [-0.2, 0) is 0 Å². The predicted octanol–water partition coefficient (Wildman–Crippen LogP) is 4.44. The molecule has 0 saturated heterocycles. The molecule has 0 spiro atoms. The van der Waals surface area contributed by atoms with Gasteiger partial charge in [0.25, 0.3) is 0 Å². The molecular formula is C16H12OS. The fourth-order valence-electron chi connectivity index (χ4n) is 2.05. The van der Waals surface area contributed by atoms with Crippen molar-refractivity contribution >= 4 is 27.2 Å². The van der Waals surface area contributed by atoms with Gasteiger partial charge in [0.1, 0.15) is 0 Å². The van der Waals surface area contributed by atoms with Gasteiger partial charge in [0.2, 0.25) is 0 Å². The molecule has 0 aliphatic rings. The van der Waals surface area contributed by atoms with Crippen molar-refractivity contribution in [3.8, 4) is 0 Å². The summed E-state index contributed by atoms with van der Waals surface area (Å²) >= 11 is 1.72. The Hall–Kier alpha value is -1.93. The second-order valence-corrected chi connectivity index (χ2v) is 5.24. The number of thiophene rings is 1. The van der Waals surface area contributed by atoms with Crippen LogP contribution in [0.4, 0.5) is 0 Å². The van der Waals surface area contributed by atoms with Gasteiger partial charge in [-0.2, -0.15) is 0 Å².